The number of rotatable bonds is 8. The first-order valence-electron chi connectivity index (χ1n) is 10.3. The zero-order valence-corrected chi connectivity index (χ0v) is 20.3. The molecule has 1 fully saturated rings. The van der Waals surface area contributed by atoms with Gasteiger partial charge in [0.15, 0.2) is 4.80 Å². The number of hydrogen-bond acceptors (Lipinski definition) is 7. The van der Waals surface area contributed by atoms with E-state index in [1.54, 1.807) is 24.6 Å². The number of carbonyl (C=O) groups is 1. The predicted octanol–water partition coefficient (Wildman–Crippen LogP) is 3.09. The average Bonchev–Trinajstić information content (AvgIpc) is 3.54. The number of methoxy groups -OCH3 is 1. The van der Waals surface area contributed by atoms with Gasteiger partial charge in [0.25, 0.3) is 15.9 Å². The first-order valence-corrected chi connectivity index (χ1v) is 13.5. The lowest BCUT2D eigenvalue weighted by Crippen LogP contribution is -2.40. The first kappa shape index (κ1) is 23.1. The van der Waals surface area contributed by atoms with Gasteiger partial charge in [-0.15, -0.1) is 11.3 Å². The van der Waals surface area contributed by atoms with Crippen molar-refractivity contribution in [3.63, 3.8) is 0 Å². The highest BCUT2D eigenvalue weighted by Gasteiger charge is 2.39. The highest BCUT2D eigenvalue weighted by Crippen LogP contribution is 2.29. The topological polar surface area (TPSA) is 90.2 Å². The van der Waals surface area contributed by atoms with Crippen molar-refractivity contribution in [3.8, 4) is 5.75 Å². The van der Waals surface area contributed by atoms with E-state index < -0.39 is 22.0 Å². The van der Waals surface area contributed by atoms with Gasteiger partial charge in [-0.05, 0) is 49.4 Å². The minimum atomic E-state index is -3.71. The van der Waals surface area contributed by atoms with Crippen molar-refractivity contribution in [1.29, 1.82) is 0 Å². The van der Waals surface area contributed by atoms with Crippen LogP contribution in [0.1, 0.15) is 19.8 Å². The molecule has 0 radical (unpaired) electrons. The van der Waals surface area contributed by atoms with Crippen LogP contribution in [0.3, 0.4) is 0 Å². The number of aromatic nitrogens is 1. The monoisotopic (exact) mass is 495 g/mol. The first-order chi connectivity index (χ1) is 15.5. The van der Waals surface area contributed by atoms with Gasteiger partial charge < -0.3 is 14.0 Å². The molecule has 8 nitrogen and oxygen atoms in total. The summed E-state index contributed by atoms with van der Waals surface area (Å²) in [5.74, 6) is 0.281. The Balaban J connectivity index is 1.71. The second-order valence-electron chi connectivity index (χ2n) is 7.22. The van der Waals surface area contributed by atoms with E-state index in [1.165, 1.54) is 15.6 Å². The van der Waals surface area contributed by atoms with E-state index >= 15 is 0 Å². The molecule has 1 unspecified atom stereocenters. The van der Waals surface area contributed by atoms with Crippen molar-refractivity contribution in [2.45, 2.75) is 36.6 Å². The van der Waals surface area contributed by atoms with Crippen molar-refractivity contribution >= 4 is 48.8 Å². The maximum absolute atomic E-state index is 13.2. The van der Waals surface area contributed by atoms with Crippen LogP contribution in [0.25, 0.3) is 10.2 Å². The highest BCUT2D eigenvalue weighted by atomic mass is 32.2. The van der Waals surface area contributed by atoms with Gasteiger partial charge in [0.2, 0.25) is 0 Å². The fraction of sp³-hybridized carbons (Fsp3) is 0.429. The second kappa shape index (κ2) is 9.84. The number of fused-ring (bicyclic) bond motifs is 1. The average molecular weight is 496 g/mol. The van der Waals surface area contributed by atoms with Crippen LogP contribution in [0.4, 0.5) is 0 Å². The Labute approximate surface area is 194 Å². The minimum absolute atomic E-state index is 0.248. The number of nitrogens with zero attached hydrogens (tertiary/aromatic N) is 3. The van der Waals surface area contributed by atoms with Gasteiger partial charge in [-0.1, -0.05) is 17.4 Å². The molecule has 0 aliphatic carbocycles. The van der Waals surface area contributed by atoms with Crippen molar-refractivity contribution in [1.82, 2.24) is 8.87 Å². The SMILES string of the molecule is CCOCCn1c(=NC(=O)C2CCCN2S(=O)(=O)c2cccs2)sc2cc(OC)ccc21. The van der Waals surface area contributed by atoms with Gasteiger partial charge in [0, 0.05) is 19.7 Å². The fourth-order valence-electron chi connectivity index (χ4n) is 3.75. The van der Waals surface area contributed by atoms with Crippen LogP contribution < -0.4 is 9.54 Å². The minimum Gasteiger partial charge on any atom is -0.497 e. The molecule has 1 saturated heterocycles. The molecule has 1 amide bonds. The maximum atomic E-state index is 13.2. The van der Waals surface area contributed by atoms with Crippen molar-refractivity contribution in [3.05, 3.63) is 40.5 Å². The molecule has 4 rings (SSSR count). The third-order valence-corrected chi connectivity index (χ3v) is 9.63. The molecule has 1 aliphatic heterocycles. The van der Waals surface area contributed by atoms with E-state index in [2.05, 4.69) is 4.99 Å². The van der Waals surface area contributed by atoms with Crippen LogP contribution in [0.15, 0.2) is 44.9 Å². The van der Waals surface area contributed by atoms with Gasteiger partial charge in [-0.25, -0.2) is 8.42 Å². The number of sulfonamides is 1. The molecule has 172 valence electrons. The zero-order chi connectivity index (χ0) is 22.7. The summed E-state index contributed by atoms with van der Waals surface area (Å²) in [6, 6.07) is 8.18. The summed E-state index contributed by atoms with van der Waals surface area (Å²) in [5.41, 5.74) is 0.927. The lowest BCUT2D eigenvalue weighted by Gasteiger charge is -2.20. The summed E-state index contributed by atoms with van der Waals surface area (Å²) in [4.78, 5) is 18.1. The number of benzene rings is 1. The Morgan fingerprint density at radius 2 is 2.16 bits per heavy atom. The van der Waals surface area contributed by atoms with Gasteiger partial charge in [0.05, 0.1) is 23.9 Å². The van der Waals surface area contributed by atoms with E-state index in [-0.39, 0.29) is 4.21 Å². The molecule has 1 aromatic carbocycles. The smallest absolute Gasteiger partial charge is 0.266 e. The van der Waals surface area contributed by atoms with Gasteiger partial charge in [-0.3, -0.25) is 4.79 Å². The summed E-state index contributed by atoms with van der Waals surface area (Å²) in [6.07, 6.45) is 1.09. The van der Waals surface area contributed by atoms with E-state index in [0.29, 0.717) is 43.9 Å². The molecule has 2 aromatic heterocycles. The van der Waals surface area contributed by atoms with E-state index in [1.807, 2.05) is 29.7 Å². The molecular weight excluding hydrogens is 470 g/mol. The number of ether oxygens (including phenoxy) is 2. The summed E-state index contributed by atoms with van der Waals surface area (Å²) in [5, 5.41) is 1.72. The number of thiophene rings is 1. The fourth-order valence-corrected chi connectivity index (χ4v) is 7.61. The highest BCUT2D eigenvalue weighted by molar-refractivity contribution is 7.91. The van der Waals surface area contributed by atoms with Crippen molar-refractivity contribution in [2.75, 3.05) is 26.9 Å². The van der Waals surface area contributed by atoms with E-state index in [9.17, 15) is 13.2 Å². The molecule has 0 bridgehead atoms. The van der Waals surface area contributed by atoms with Gasteiger partial charge in [0.1, 0.15) is 16.0 Å². The predicted molar refractivity (Wildman–Crippen MR) is 125 cm³/mol. The summed E-state index contributed by atoms with van der Waals surface area (Å²) >= 11 is 2.53. The lowest BCUT2D eigenvalue weighted by molar-refractivity contribution is -0.121. The van der Waals surface area contributed by atoms with E-state index in [4.69, 9.17) is 9.47 Å². The molecule has 0 saturated carbocycles. The molecule has 3 aromatic rings. The molecule has 1 atom stereocenters. The number of thiazole rings is 1. The zero-order valence-electron chi connectivity index (χ0n) is 17.9. The third-order valence-electron chi connectivity index (χ3n) is 5.31. The Kier molecular flexibility index (Phi) is 7.11. The Hall–Kier alpha value is -2.05. The summed E-state index contributed by atoms with van der Waals surface area (Å²) < 4.78 is 41.3. The molecule has 3 heterocycles. The van der Waals surface area contributed by atoms with Crippen LogP contribution in [0.5, 0.6) is 5.75 Å². The Morgan fingerprint density at radius 3 is 2.88 bits per heavy atom. The largest absolute Gasteiger partial charge is 0.497 e. The van der Waals surface area contributed by atoms with Crippen LogP contribution in [-0.2, 0) is 26.1 Å². The summed E-state index contributed by atoms with van der Waals surface area (Å²) in [6.45, 7) is 3.87. The van der Waals surface area contributed by atoms with E-state index in [0.717, 1.165) is 27.3 Å². The Morgan fingerprint density at radius 1 is 1.31 bits per heavy atom. The summed E-state index contributed by atoms with van der Waals surface area (Å²) in [7, 11) is -2.11. The third kappa shape index (κ3) is 4.53. The van der Waals surface area contributed by atoms with Crippen LogP contribution >= 0.6 is 22.7 Å². The molecular formula is C21H25N3O5S3. The van der Waals surface area contributed by atoms with Gasteiger partial charge in [-0.2, -0.15) is 9.30 Å². The van der Waals surface area contributed by atoms with Crippen LogP contribution in [0, 0.1) is 0 Å². The number of carbonyl (C=O) groups excluding carboxylic acids is 1. The normalized spacial score (nSPS) is 17.9. The quantitative estimate of drug-likeness (QED) is 0.448. The van der Waals surface area contributed by atoms with Crippen molar-refractivity contribution < 1.29 is 22.7 Å². The molecule has 32 heavy (non-hydrogen) atoms. The second-order valence-corrected chi connectivity index (χ2v) is 11.3. The molecule has 11 heteroatoms. The number of hydrogen-bond donors (Lipinski definition) is 0. The van der Waals surface area contributed by atoms with Crippen molar-refractivity contribution in [2.24, 2.45) is 4.99 Å². The van der Waals surface area contributed by atoms with Gasteiger partial charge >= 0.3 is 0 Å². The lowest BCUT2D eigenvalue weighted by atomic mass is 10.2. The Bertz CT molecular complexity index is 1260. The standard InChI is InChI=1S/C21H25N3O5S3/c1-3-29-12-11-23-16-9-8-15(28-2)14-18(16)31-21(23)22-20(25)17-6-4-10-24(17)32(26,27)19-7-5-13-30-19/h5,7-9,13-14,17H,3-4,6,10-12H2,1-2H3. The van der Waals surface area contributed by atoms with Crippen LogP contribution in [-0.4, -0.2) is 56.1 Å². The maximum Gasteiger partial charge on any atom is 0.266 e. The molecule has 1 aliphatic rings. The number of amides is 1. The molecule has 0 spiro atoms. The van der Waals surface area contributed by atoms with Crippen LogP contribution in [0.2, 0.25) is 0 Å². The molecule has 0 N–H and O–H groups in total.